The van der Waals surface area contributed by atoms with E-state index in [4.69, 9.17) is 33.2 Å². The minimum atomic E-state index is -1.49. The van der Waals surface area contributed by atoms with Gasteiger partial charge < -0.3 is 63.3 Å². The minimum Gasteiger partial charge on any atom is -0.462 e. The highest BCUT2D eigenvalue weighted by Crippen LogP contribution is 2.37. The summed E-state index contributed by atoms with van der Waals surface area (Å²) in [5.74, 6) is -2.03. The van der Waals surface area contributed by atoms with Crippen molar-refractivity contribution in [1.82, 2.24) is 4.90 Å². The number of aldehydes is 1. The van der Waals surface area contributed by atoms with E-state index in [2.05, 4.69) is 0 Å². The summed E-state index contributed by atoms with van der Waals surface area (Å²) in [5.41, 5.74) is -1.49. The van der Waals surface area contributed by atoms with Crippen molar-refractivity contribution in [3.63, 3.8) is 0 Å². The molecule has 0 amide bonds. The van der Waals surface area contributed by atoms with Crippen molar-refractivity contribution >= 4 is 18.2 Å². The molecule has 3 heterocycles. The van der Waals surface area contributed by atoms with Crippen molar-refractivity contribution in [2.75, 3.05) is 21.2 Å². The normalized spacial score (nSPS) is 42.4. The smallest absolute Gasteiger partial charge is 0.308 e. The molecular weight excluding hydrogens is 718 g/mol. The molecule has 316 valence electrons. The highest BCUT2D eigenvalue weighted by atomic mass is 16.7. The van der Waals surface area contributed by atoms with E-state index in [9.17, 15) is 34.8 Å². The molecule has 0 radical (unpaired) electrons. The van der Waals surface area contributed by atoms with Crippen molar-refractivity contribution in [2.45, 2.75) is 172 Å². The number of rotatable bonds is 11. The van der Waals surface area contributed by atoms with Crippen LogP contribution in [-0.4, -0.2) is 150 Å². The van der Waals surface area contributed by atoms with Crippen molar-refractivity contribution in [3.05, 3.63) is 24.3 Å². The summed E-state index contributed by atoms with van der Waals surface area (Å²) in [6.45, 7) is 12.4. The third kappa shape index (κ3) is 13.4. The molecule has 0 aromatic rings. The number of hydrogen-bond donors (Lipinski definition) is 4. The molecule has 0 bridgehead atoms. The van der Waals surface area contributed by atoms with Crippen LogP contribution in [0.1, 0.15) is 87.0 Å². The summed E-state index contributed by atoms with van der Waals surface area (Å²) >= 11 is 0. The molecular formula is C40H67NO14. The lowest BCUT2D eigenvalue weighted by Crippen LogP contribution is -2.66. The van der Waals surface area contributed by atoms with Gasteiger partial charge in [0.1, 0.15) is 36.3 Å². The van der Waals surface area contributed by atoms with E-state index in [1.165, 1.54) is 7.11 Å². The molecule has 0 aliphatic carbocycles. The van der Waals surface area contributed by atoms with Gasteiger partial charge in [0, 0.05) is 32.8 Å². The van der Waals surface area contributed by atoms with Gasteiger partial charge in [-0.25, -0.2) is 0 Å². The van der Waals surface area contributed by atoms with Gasteiger partial charge >= 0.3 is 11.9 Å². The van der Waals surface area contributed by atoms with Crippen LogP contribution in [0, 0.1) is 17.8 Å². The third-order valence-corrected chi connectivity index (χ3v) is 10.6. The Labute approximate surface area is 326 Å². The molecule has 0 spiro atoms. The zero-order chi connectivity index (χ0) is 41.2. The predicted molar refractivity (Wildman–Crippen MR) is 200 cm³/mol. The van der Waals surface area contributed by atoms with Gasteiger partial charge in [0.05, 0.1) is 43.0 Å². The van der Waals surface area contributed by atoms with Gasteiger partial charge in [-0.15, -0.1) is 0 Å². The number of carbonyl (C=O) groups is 3. The zero-order valence-corrected chi connectivity index (χ0v) is 34.2. The number of carbonyl (C=O) groups excluding carboxylic acids is 3. The molecule has 15 nitrogen and oxygen atoms in total. The molecule has 0 aromatic heterocycles. The minimum absolute atomic E-state index is 0.0318. The van der Waals surface area contributed by atoms with Crippen LogP contribution in [0.15, 0.2) is 24.3 Å². The standard InChI is InChI=1S/C40H67NO14/c1-22(2)18-30(45)53-38-26(6)51-32(21-40(38,7)48)54-35-25(5)52-39(34(47)33(35)41(8)9)55-36-27(16-17-42)19-23(3)28(43)15-13-11-12-14-24(4)50-31(46)20-29(44)37(36)49-10/h11-13,15,17,22-29,32-39,43-44,47-48H,14,16,18-21H2,1-10H3/b12-11+,15-13+/t23-,24-,25-,26+,27+,28-,29-,32-,33+,34-,35-,36-,37+,38-,39-,40+/m1/s1. The second-order valence-corrected chi connectivity index (χ2v) is 16.4. The fourth-order valence-corrected chi connectivity index (χ4v) is 7.78. The monoisotopic (exact) mass is 785 g/mol. The first kappa shape index (κ1) is 47.1. The number of methoxy groups -OCH3 is 1. The highest BCUT2D eigenvalue weighted by Gasteiger charge is 2.52. The van der Waals surface area contributed by atoms with Crippen LogP contribution < -0.4 is 0 Å². The molecule has 0 aromatic carbocycles. The summed E-state index contributed by atoms with van der Waals surface area (Å²) in [5, 5.41) is 45.8. The Morgan fingerprint density at radius 3 is 2.33 bits per heavy atom. The van der Waals surface area contributed by atoms with Crippen LogP contribution in [0.25, 0.3) is 0 Å². The number of ether oxygens (including phenoxy) is 7. The van der Waals surface area contributed by atoms with Gasteiger partial charge in [-0.1, -0.05) is 45.1 Å². The zero-order valence-electron chi connectivity index (χ0n) is 34.2. The van der Waals surface area contributed by atoms with E-state index < -0.39 is 110 Å². The third-order valence-electron chi connectivity index (χ3n) is 10.6. The molecule has 15 heteroatoms. The number of nitrogens with zero attached hydrogens (tertiary/aromatic N) is 1. The fraction of sp³-hybridized carbons (Fsp3) is 0.825. The molecule has 16 atom stereocenters. The first-order valence-electron chi connectivity index (χ1n) is 19.5. The van der Waals surface area contributed by atoms with Crippen LogP contribution >= 0.6 is 0 Å². The van der Waals surface area contributed by atoms with E-state index >= 15 is 0 Å². The Balaban J connectivity index is 1.90. The van der Waals surface area contributed by atoms with Gasteiger partial charge in [-0.2, -0.15) is 0 Å². The summed E-state index contributed by atoms with van der Waals surface area (Å²) < 4.78 is 42.4. The molecule has 0 unspecified atom stereocenters. The Hall–Kier alpha value is -2.31. The van der Waals surface area contributed by atoms with Gasteiger partial charge in [-0.3, -0.25) is 9.59 Å². The molecule has 3 aliphatic heterocycles. The van der Waals surface area contributed by atoms with Crippen molar-refractivity contribution < 1.29 is 68.0 Å². The first-order chi connectivity index (χ1) is 25.8. The predicted octanol–water partition coefficient (Wildman–Crippen LogP) is 2.44. The highest BCUT2D eigenvalue weighted by molar-refractivity contribution is 5.70. The lowest BCUT2D eigenvalue weighted by atomic mass is 9.82. The molecule has 0 saturated carbocycles. The maximum atomic E-state index is 12.9. The van der Waals surface area contributed by atoms with Gasteiger partial charge in [-0.05, 0) is 66.0 Å². The number of hydrogen-bond acceptors (Lipinski definition) is 15. The fourth-order valence-electron chi connectivity index (χ4n) is 7.78. The van der Waals surface area contributed by atoms with Gasteiger partial charge in [0.2, 0.25) is 0 Å². The maximum absolute atomic E-state index is 12.9. The SMILES string of the molecule is CO[C@@H]1[C@H](O[C@H]2O[C@H](C)[C@@H](O[C@@H]3C[C@](C)(O)[C@H](OC(=O)CC(C)C)[C@H](C)O3)[C@@H](N(C)C)[C@H]2O)[C@@H](CC=O)C[C@@H](C)[C@H](O)/C=C/C=C/C[C@@H](C)OC(=O)C[C@H]1O. The Morgan fingerprint density at radius 2 is 1.73 bits per heavy atom. The largest absolute Gasteiger partial charge is 0.462 e. The lowest BCUT2D eigenvalue weighted by Gasteiger charge is -2.50. The quantitative estimate of drug-likeness (QED) is 0.176. The summed E-state index contributed by atoms with van der Waals surface area (Å²) in [7, 11) is 4.86. The van der Waals surface area contributed by atoms with Gasteiger partial charge in [0.15, 0.2) is 18.7 Å². The maximum Gasteiger partial charge on any atom is 0.308 e. The molecule has 3 rings (SSSR count). The van der Waals surface area contributed by atoms with Crippen LogP contribution in [-0.2, 0) is 47.5 Å². The van der Waals surface area contributed by atoms with E-state index in [1.54, 1.807) is 64.9 Å². The number of esters is 2. The van der Waals surface area contributed by atoms with E-state index in [-0.39, 0.29) is 37.5 Å². The second-order valence-electron chi connectivity index (χ2n) is 16.4. The van der Waals surface area contributed by atoms with Crippen molar-refractivity contribution in [3.8, 4) is 0 Å². The van der Waals surface area contributed by atoms with Gasteiger partial charge in [0.25, 0.3) is 0 Å². The number of aliphatic hydroxyl groups is 4. The van der Waals surface area contributed by atoms with E-state index in [1.807, 2.05) is 26.8 Å². The number of aliphatic hydroxyl groups excluding tert-OH is 3. The average Bonchev–Trinajstić information content (AvgIpc) is 3.06. The summed E-state index contributed by atoms with van der Waals surface area (Å²) in [6.07, 6.45) is -3.92. The average molecular weight is 786 g/mol. The number of cyclic esters (lactones) is 1. The summed E-state index contributed by atoms with van der Waals surface area (Å²) in [4.78, 5) is 39.3. The topological polar surface area (TPSA) is 200 Å². The van der Waals surface area contributed by atoms with Crippen LogP contribution in [0.3, 0.4) is 0 Å². The first-order valence-corrected chi connectivity index (χ1v) is 19.5. The Kier molecular flexibility index (Phi) is 18.4. The van der Waals surface area contributed by atoms with Crippen molar-refractivity contribution in [1.29, 1.82) is 0 Å². The van der Waals surface area contributed by atoms with E-state index in [0.717, 1.165) is 6.29 Å². The Morgan fingerprint density at radius 1 is 1.04 bits per heavy atom. The molecule has 55 heavy (non-hydrogen) atoms. The Bertz CT molecular complexity index is 1270. The molecule has 3 aliphatic rings. The second kappa shape index (κ2) is 21.4. The lowest BCUT2D eigenvalue weighted by molar-refractivity contribution is -0.344. The molecule has 2 saturated heterocycles. The van der Waals surface area contributed by atoms with Crippen molar-refractivity contribution in [2.24, 2.45) is 17.8 Å². The van der Waals surface area contributed by atoms with Crippen LogP contribution in [0.5, 0.6) is 0 Å². The van der Waals surface area contributed by atoms with Crippen LogP contribution in [0.2, 0.25) is 0 Å². The van der Waals surface area contributed by atoms with Crippen LogP contribution in [0.4, 0.5) is 0 Å². The van der Waals surface area contributed by atoms with E-state index in [0.29, 0.717) is 6.42 Å². The molecule has 4 N–H and O–H groups in total. The molecule has 2 fully saturated rings. The number of allylic oxidation sites excluding steroid dienone is 2. The number of likely N-dealkylation sites (N-methyl/N-ethyl adjacent to an activating group) is 1. The summed E-state index contributed by atoms with van der Waals surface area (Å²) in [6, 6.07) is -0.753.